The highest BCUT2D eigenvalue weighted by molar-refractivity contribution is 6.31. The van der Waals surface area contributed by atoms with Gasteiger partial charge < -0.3 is 10.1 Å². The molecule has 0 spiro atoms. The number of halogens is 1. The molecule has 2 aliphatic rings. The maximum absolute atomic E-state index is 6.24. The number of rotatable bonds is 5. The van der Waals surface area contributed by atoms with Gasteiger partial charge in [0.15, 0.2) is 0 Å². The summed E-state index contributed by atoms with van der Waals surface area (Å²) in [5, 5.41) is 4.59. The first-order chi connectivity index (χ1) is 9.33. The average molecular weight is 280 g/mol. The maximum Gasteiger partial charge on any atom is 0.0495 e. The Hall–Kier alpha value is -0.570. The van der Waals surface area contributed by atoms with E-state index in [1.165, 1.54) is 31.2 Å². The van der Waals surface area contributed by atoms with Gasteiger partial charge in [-0.25, -0.2) is 0 Å². The molecule has 2 nitrogen and oxygen atoms in total. The lowest BCUT2D eigenvalue weighted by Crippen LogP contribution is -2.41. The Morgan fingerprint density at radius 1 is 1.26 bits per heavy atom. The molecule has 3 heteroatoms. The van der Waals surface area contributed by atoms with Crippen LogP contribution in [0.3, 0.4) is 0 Å². The second-order valence-electron chi connectivity index (χ2n) is 5.86. The summed E-state index contributed by atoms with van der Waals surface area (Å²) in [4.78, 5) is 0. The number of hydrogen-bond donors (Lipinski definition) is 1. The molecule has 1 N–H and O–H groups in total. The van der Waals surface area contributed by atoms with Crippen LogP contribution in [0.1, 0.15) is 37.2 Å². The van der Waals surface area contributed by atoms with Crippen molar-refractivity contribution in [2.45, 2.75) is 37.6 Å². The van der Waals surface area contributed by atoms with Gasteiger partial charge in [0, 0.05) is 24.3 Å². The van der Waals surface area contributed by atoms with E-state index in [4.69, 9.17) is 16.3 Å². The fraction of sp³-hybridized carbons (Fsp3) is 0.625. The van der Waals surface area contributed by atoms with Crippen LogP contribution in [0, 0.1) is 5.92 Å². The molecule has 1 atom stereocenters. The molecule has 2 fully saturated rings. The Kier molecular flexibility index (Phi) is 4.42. The molecule has 19 heavy (non-hydrogen) atoms. The lowest BCUT2D eigenvalue weighted by molar-refractivity contribution is 0.183. The van der Waals surface area contributed by atoms with Crippen molar-refractivity contribution in [1.29, 1.82) is 0 Å². The lowest BCUT2D eigenvalue weighted by atomic mass is 9.76. The van der Waals surface area contributed by atoms with E-state index in [9.17, 15) is 0 Å². The van der Waals surface area contributed by atoms with Crippen molar-refractivity contribution < 1.29 is 4.74 Å². The average Bonchev–Trinajstić information content (AvgIpc) is 2.87. The number of nitrogens with one attached hydrogen (secondary N) is 1. The normalized spacial score (nSPS) is 30.3. The highest BCUT2D eigenvalue weighted by Gasteiger charge is 2.31. The summed E-state index contributed by atoms with van der Waals surface area (Å²) >= 11 is 6.24. The Bertz CT molecular complexity index is 411. The van der Waals surface area contributed by atoms with Gasteiger partial charge in [-0.3, -0.25) is 0 Å². The Labute approximate surface area is 120 Å². The Morgan fingerprint density at radius 3 is 2.84 bits per heavy atom. The fourth-order valence-electron chi connectivity index (χ4n) is 3.15. The van der Waals surface area contributed by atoms with Crippen LogP contribution in [0.4, 0.5) is 0 Å². The molecule has 1 saturated heterocycles. The third kappa shape index (κ3) is 3.31. The largest absolute Gasteiger partial charge is 0.381 e. The summed E-state index contributed by atoms with van der Waals surface area (Å²) in [7, 11) is 0. The molecule has 3 rings (SSSR count). The van der Waals surface area contributed by atoms with Crippen molar-refractivity contribution in [1.82, 2.24) is 5.32 Å². The molecule has 1 unspecified atom stereocenters. The molecular weight excluding hydrogens is 258 g/mol. The standard InChI is InChI=1S/C16H22ClNO/c17-16-4-2-1-3-15(16)13-9-14(10-13)18-7-5-12-6-8-19-11-12/h1-4,12-14,18H,5-11H2. The zero-order chi connectivity index (χ0) is 13.1. The van der Waals surface area contributed by atoms with Crippen LogP contribution in [-0.4, -0.2) is 25.8 Å². The van der Waals surface area contributed by atoms with Gasteiger partial charge in [-0.15, -0.1) is 0 Å². The predicted octanol–water partition coefficient (Wildman–Crippen LogP) is 3.60. The van der Waals surface area contributed by atoms with Crippen LogP contribution < -0.4 is 5.32 Å². The van der Waals surface area contributed by atoms with Crippen molar-refractivity contribution in [2.75, 3.05) is 19.8 Å². The van der Waals surface area contributed by atoms with E-state index in [1.807, 2.05) is 12.1 Å². The molecule has 104 valence electrons. The first-order valence-corrected chi connectivity index (χ1v) is 7.76. The molecule has 0 radical (unpaired) electrons. The van der Waals surface area contributed by atoms with E-state index in [0.29, 0.717) is 12.0 Å². The highest BCUT2D eigenvalue weighted by Crippen LogP contribution is 2.39. The topological polar surface area (TPSA) is 21.3 Å². The number of benzene rings is 1. The quantitative estimate of drug-likeness (QED) is 0.889. The second-order valence-corrected chi connectivity index (χ2v) is 6.27. The van der Waals surface area contributed by atoms with Gasteiger partial charge in [-0.05, 0) is 55.7 Å². The minimum absolute atomic E-state index is 0.654. The lowest BCUT2D eigenvalue weighted by Gasteiger charge is -2.37. The van der Waals surface area contributed by atoms with Gasteiger partial charge >= 0.3 is 0 Å². The molecule has 1 heterocycles. The van der Waals surface area contributed by atoms with Crippen LogP contribution in [0.2, 0.25) is 5.02 Å². The number of hydrogen-bond acceptors (Lipinski definition) is 2. The van der Waals surface area contributed by atoms with E-state index < -0.39 is 0 Å². The van der Waals surface area contributed by atoms with E-state index in [1.54, 1.807) is 0 Å². The van der Waals surface area contributed by atoms with E-state index in [-0.39, 0.29) is 0 Å². The Balaban J connectivity index is 1.37. The smallest absolute Gasteiger partial charge is 0.0495 e. The third-order valence-corrected chi connectivity index (χ3v) is 4.84. The van der Waals surface area contributed by atoms with Crippen molar-refractivity contribution in [3.63, 3.8) is 0 Å². The van der Waals surface area contributed by atoms with E-state index in [0.717, 1.165) is 30.7 Å². The van der Waals surface area contributed by atoms with Crippen molar-refractivity contribution in [3.05, 3.63) is 34.9 Å². The fourth-order valence-corrected chi connectivity index (χ4v) is 3.44. The molecule has 1 saturated carbocycles. The number of ether oxygens (including phenoxy) is 1. The highest BCUT2D eigenvalue weighted by atomic mass is 35.5. The van der Waals surface area contributed by atoms with Crippen molar-refractivity contribution in [2.24, 2.45) is 5.92 Å². The SMILES string of the molecule is Clc1ccccc1C1CC(NCCC2CCOC2)C1. The second kappa shape index (κ2) is 6.25. The van der Waals surface area contributed by atoms with Gasteiger partial charge in [0.05, 0.1) is 0 Å². The minimum Gasteiger partial charge on any atom is -0.381 e. The third-order valence-electron chi connectivity index (χ3n) is 4.49. The molecule has 1 aliphatic heterocycles. The molecular formula is C16H22ClNO. The van der Waals surface area contributed by atoms with E-state index in [2.05, 4.69) is 17.4 Å². The summed E-state index contributed by atoms with van der Waals surface area (Å²) in [6.07, 6.45) is 4.96. The zero-order valence-electron chi connectivity index (χ0n) is 11.3. The maximum atomic E-state index is 6.24. The van der Waals surface area contributed by atoms with Gasteiger partial charge in [0.25, 0.3) is 0 Å². The molecule has 0 amide bonds. The summed E-state index contributed by atoms with van der Waals surface area (Å²) in [5.74, 6) is 1.44. The van der Waals surface area contributed by atoms with Crippen LogP contribution in [0.5, 0.6) is 0 Å². The van der Waals surface area contributed by atoms with Crippen LogP contribution in [0.15, 0.2) is 24.3 Å². The predicted molar refractivity (Wildman–Crippen MR) is 78.8 cm³/mol. The summed E-state index contributed by atoms with van der Waals surface area (Å²) < 4.78 is 5.40. The minimum atomic E-state index is 0.654. The Morgan fingerprint density at radius 2 is 2.11 bits per heavy atom. The van der Waals surface area contributed by atoms with Gasteiger partial charge in [0.2, 0.25) is 0 Å². The summed E-state index contributed by atoms with van der Waals surface area (Å²) in [5.41, 5.74) is 1.33. The first kappa shape index (κ1) is 13.4. The zero-order valence-corrected chi connectivity index (χ0v) is 12.0. The van der Waals surface area contributed by atoms with Gasteiger partial charge in [-0.1, -0.05) is 29.8 Å². The van der Waals surface area contributed by atoms with Crippen molar-refractivity contribution >= 4 is 11.6 Å². The van der Waals surface area contributed by atoms with Crippen LogP contribution >= 0.6 is 11.6 Å². The first-order valence-electron chi connectivity index (χ1n) is 7.38. The van der Waals surface area contributed by atoms with Crippen LogP contribution in [0.25, 0.3) is 0 Å². The molecule has 1 aliphatic carbocycles. The van der Waals surface area contributed by atoms with Gasteiger partial charge in [0.1, 0.15) is 0 Å². The van der Waals surface area contributed by atoms with Gasteiger partial charge in [-0.2, -0.15) is 0 Å². The molecule has 0 aromatic heterocycles. The van der Waals surface area contributed by atoms with Crippen molar-refractivity contribution in [3.8, 4) is 0 Å². The monoisotopic (exact) mass is 279 g/mol. The van der Waals surface area contributed by atoms with E-state index >= 15 is 0 Å². The molecule has 1 aromatic rings. The summed E-state index contributed by atoms with van der Waals surface area (Å²) in [6, 6.07) is 8.94. The molecule has 1 aromatic carbocycles. The molecule has 0 bridgehead atoms. The van der Waals surface area contributed by atoms with Crippen LogP contribution in [-0.2, 0) is 4.74 Å². The summed E-state index contributed by atoms with van der Waals surface area (Å²) in [6.45, 7) is 3.06.